The average Bonchev–Trinajstić information content (AvgIpc) is 2.65. The van der Waals surface area contributed by atoms with Crippen molar-refractivity contribution >= 4 is 23.1 Å². The van der Waals surface area contributed by atoms with Gasteiger partial charge in [0.15, 0.2) is 0 Å². The molecular weight excluding hydrogens is 258 g/mol. The van der Waals surface area contributed by atoms with Crippen molar-refractivity contribution in [3.05, 3.63) is 0 Å². The summed E-state index contributed by atoms with van der Waals surface area (Å²) < 4.78 is 0. The standard InChI is InChI=1S/C14H25N3OS/c1-17-9-6-11(10-17)16-13(18)14(12(15)19)7-4-2-3-5-8-14/h11H,2-10H2,1H3,(H2,15,19)(H,16,18). The molecule has 4 nitrogen and oxygen atoms in total. The van der Waals surface area contributed by atoms with Crippen LogP contribution in [0, 0.1) is 5.41 Å². The lowest BCUT2D eigenvalue weighted by Crippen LogP contribution is -2.51. The lowest BCUT2D eigenvalue weighted by atomic mass is 9.79. The first-order valence-electron chi connectivity index (χ1n) is 7.34. The highest BCUT2D eigenvalue weighted by Gasteiger charge is 2.42. The van der Waals surface area contributed by atoms with Gasteiger partial charge in [0, 0.05) is 12.6 Å². The van der Waals surface area contributed by atoms with Gasteiger partial charge in [0.2, 0.25) is 5.91 Å². The summed E-state index contributed by atoms with van der Waals surface area (Å²) in [6.45, 7) is 1.98. The van der Waals surface area contributed by atoms with Crippen LogP contribution in [0.1, 0.15) is 44.9 Å². The molecule has 2 aliphatic rings. The van der Waals surface area contributed by atoms with Gasteiger partial charge in [0.05, 0.1) is 10.4 Å². The molecule has 1 unspecified atom stereocenters. The van der Waals surface area contributed by atoms with Crippen LogP contribution >= 0.6 is 12.2 Å². The number of likely N-dealkylation sites (N-methyl/N-ethyl adjacent to an activating group) is 1. The average molecular weight is 283 g/mol. The summed E-state index contributed by atoms with van der Waals surface area (Å²) >= 11 is 5.23. The Labute approximate surface area is 121 Å². The molecule has 1 aliphatic heterocycles. The molecule has 0 aromatic rings. The Kier molecular flexibility index (Phi) is 4.79. The molecule has 0 spiro atoms. The van der Waals surface area contributed by atoms with Crippen LogP contribution in [0.15, 0.2) is 0 Å². The fourth-order valence-corrected chi connectivity index (χ4v) is 3.59. The van der Waals surface area contributed by atoms with E-state index in [1.165, 1.54) is 12.8 Å². The maximum atomic E-state index is 12.7. The number of carbonyl (C=O) groups is 1. The summed E-state index contributed by atoms with van der Waals surface area (Å²) in [5.41, 5.74) is 5.34. The number of likely N-dealkylation sites (tertiary alicyclic amines) is 1. The second-order valence-corrected chi connectivity index (χ2v) is 6.52. The zero-order chi connectivity index (χ0) is 13.9. The van der Waals surface area contributed by atoms with Crippen LogP contribution in [0.2, 0.25) is 0 Å². The van der Waals surface area contributed by atoms with Crippen molar-refractivity contribution in [1.29, 1.82) is 0 Å². The molecule has 1 heterocycles. The maximum absolute atomic E-state index is 12.7. The van der Waals surface area contributed by atoms with Crippen LogP contribution in [0.5, 0.6) is 0 Å². The Morgan fingerprint density at radius 2 is 1.95 bits per heavy atom. The highest BCUT2D eigenvalue weighted by molar-refractivity contribution is 7.80. The summed E-state index contributed by atoms with van der Waals surface area (Å²) in [5, 5.41) is 3.18. The third-order valence-electron chi connectivity index (χ3n) is 4.59. The molecule has 19 heavy (non-hydrogen) atoms. The maximum Gasteiger partial charge on any atom is 0.233 e. The van der Waals surface area contributed by atoms with Crippen molar-refractivity contribution in [2.24, 2.45) is 11.1 Å². The van der Waals surface area contributed by atoms with Gasteiger partial charge in [-0.05, 0) is 32.9 Å². The molecule has 1 saturated heterocycles. The Balaban J connectivity index is 2.05. The molecule has 108 valence electrons. The topological polar surface area (TPSA) is 58.4 Å². The van der Waals surface area contributed by atoms with E-state index >= 15 is 0 Å². The van der Waals surface area contributed by atoms with Gasteiger partial charge in [-0.25, -0.2) is 0 Å². The summed E-state index contributed by atoms with van der Waals surface area (Å²) in [4.78, 5) is 15.3. The molecule has 2 fully saturated rings. The summed E-state index contributed by atoms with van der Waals surface area (Å²) in [6.07, 6.45) is 7.13. The molecule has 0 radical (unpaired) electrons. The van der Waals surface area contributed by atoms with E-state index < -0.39 is 5.41 Å². The number of rotatable bonds is 3. The second-order valence-electron chi connectivity index (χ2n) is 6.08. The summed E-state index contributed by atoms with van der Waals surface area (Å²) in [6, 6.07) is 0.256. The van der Waals surface area contributed by atoms with Gasteiger partial charge in [-0.3, -0.25) is 4.79 Å². The van der Waals surface area contributed by atoms with Crippen LogP contribution in [-0.2, 0) is 4.79 Å². The molecule has 0 aromatic heterocycles. The van der Waals surface area contributed by atoms with Gasteiger partial charge in [-0.15, -0.1) is 0 Å². The molecular formula is C14H25N3OS. The monoisotopic (exact) mass is 283 g/mol. The Bertz CT molecular complexity index is 351. The predicted octanol–water partition coefficient (Wildman–Crippen LogP) is 1.43. The van der Waals surface area contributed by atoms with Crippen molar-refractivity contribution in [3.63, 3.8) is 0 Å². The molecule has 3 N–H and O–H groups in total. The minimum absolute atomic E-state index is 0.0715. The van der Waals surface area contributed by atoms with E-state index in [1.54, 1.807) is 0 Å². The molecule has 1 aliphatic carbocycles. The first-order chi connectivity index (χ1) is 9.04. The van der Waals surface area contributed by atoms with E-state index in [9.17, 15) is 4.79 Å². The van der Waals surface area contributed by atoms with Crippen LogP contribution < -0.4 is 11.1 Å². The summed E-state index contributed by atoms with van der Waals surface area (Å²) in [5.74, 6) is 0.0715. The number of thiocarbonyl (C=S) groups is 1. The lowest BCUT2D eigenvalue weighted by Gasteiger charge is -2.31. The van der Waals surface area contributed by atoms with E-state index in [0.29, 0.717) is 4.99 Å². The quantitative estimate of drug-likeness (QED) is 0.608. The Hall–Kier alpha value is -0.680. The van der Waals surface area contributed by atoms with Gasteiger partial charge in [0.1, 0.15) is 0 Å². The minimum atomic E-state index is -0.590. The Morgan fingerprint density at radius 1 is 1.32 bits per heavy atom. The van der Waals surface area contributed by atoms with Crippen LogP contribution in [0.4, 0.5) is 0 Å². The molecule has 1 atom stereocenters. The number of hydrogen-bond donors (Lipinski definition) is 2. The fourth-order valence-electron chi connectivity index (χ4n) is 3.29. The minimum Gasteiger partial charge on any atom is -0.392 e. The van der Waals surface area contributed by atoms with Crippen molar-refractivity contribution in [1.82, 2.24) is 10.2 Å². The van der Waals surface area contributed by atoms with Crippen LogP contribution in [-0.4, -0.2) is 42.0 Å². The number of amides is 1. The highest BCUT2D eigenvalue weighted by atomic mass is 32.1. The zero-order valence-corrected chi connectivity index (χ0v) is 12.6. The number of nitrogens with two attached hydrogens (primary N) is 1. The van der Waals surface area contributed by atoms with Crippen LogP contribution in [0.25, 0.3) is 0 Å². The SMILES string of the molecule is CN1CCC(NC(=O)C2(C(N)=S)CCCCCC2)C1. The Morgan fingerprint density at radius 3 is 2.42 bits per heavy atom. The molecule has 0 bridgehead atoms. The second kappa shape index (κ2) is 6.18. The zero-order valence-electron chi connectivity index (χ0n) is 11.8. The van der Waals surface area contributed by atoms with Gasteiger partial charge >= 0.3 is 0 Å². The molecule has 5 heteroatoms. The fraction of sp³-hybridized carbons (Fsp3) is 0.857. The molecule has 1 saturated carbocycles. The lowest BCUT2D eigenvalue weighted by molar-refractivity contribution is -0.128. The van der Waals surface area contributed by atoms with E-state index in [4.69, 9.17) is 18.0 Å². The largest absolute Gasteiger partial charge is 0.392 e. The van der Waals surface area contributed by atoms with Crippen LogP contribution in [0.3, 0.4) is 0 Å². The number of carbonyl (C=O) groups excluding carboxylic acids is 1. The molecule has 2 rings (SSSR count). The first kappa shape index (κ1) is 14.7. The van der Waals surface area contributed by atoms with E-state index in [2.05, 4.69) is 17.3 Å². The molecule has 1 amide bonds. The van der Waals surface area contributed by atoms with Gasteiger partial charge in [0.25, 0.3) is 0 Å². The van der Waals surface area contributed by atoms with Crippen molar-refractivity contribution in [2.45, 2.75) is 51.0 Å². The third kappa shape index (κ3) is 3.26. The summed E-state index contributed by atoms with van der Waals surface area (Å²) in [7, 11) is 2.08. The van der Waals surface area contributed by atoms with Gasteiger partial charge < -0.3 is 16.0 Å². The van der Waals surface area contributed by atoms with Crippen molar-refractivity contribution in [2.75, 3.05) is 20.1 Å². The predicted molar refractivity (Wildman–Crippen MR) is 81.0 cm³/mol. The van der Waals surface area contributed by atoms with Gasteiger partial charge in [-0.1, -0.05) is 37.9 Å². The van der Waals surface area contributed by atoms with E-state index in [0.717, 1.165) is 45.2 Å². The third-order valence-corrected chi connectivity index (χ3v) is 4.98. The van der Waals surface area contributed by atoms with E-state index in [1.807, 2.05) is 0 Å². The van der Waals surface area contributed by atoms with Gasteiger partial charge in [-0.2, -0.15) is 0 Å². The first-order valence-corrected chi connectivity index (χ1v) is 7.75. The van der Waals surface area contributed by atoms with Crippen molar-refractivity contribution in [3.8, 4) is 0 Å². The smallest absolute Gasteiger partial charge is 0.233 e. The number of nitrogens with zero attached hydrogens (tertiary/aromatic N) is 1. The highest BCUT2D eigenvalue weighted by Crippen LogP contribution is 2.36. The molecule has 0 aromatic carbocycles. The van der Waals surface area contributed by atoms with Crippen molar-refractivity contribution < 1.29 is 4.79 Å². The number of hydrogen-bond acceptors (Lipinski definition) is 3. The normalized spacial score (nSPS) is 27.7. The van der Waals surface area contributed by atoms with E-state index in [-0.39, 0.29) is 11.9 Å². The number of nitrogens with one attached hydrogen (secondary N) is 1.